The smallest absolute Gasteiger partial charge is 0.239 e. The minimum absolute atomic E-state index is 0. The molecular formula is C22H32IN5O2. The predicted octanol–water partition coefficient (Wildman–Crippen LogP) is 2.75. The second kappa shape index (κ2) is 10.5. The molecule has 1 aromatic carbocycles. The molecule has 2 aliphatic rings. The van der Waals surface area contributed by atoms with Crippen molar-refractivity contribution in [1.82, 2.24) is 20.0 Å². The maximum Gasteiger partial charge on any atom is 0.239 e. The summed E-state index contributed by atoms with van der Waals surface area (Å²) in [5.74, 6) is 2.06. The standard InChI is InChI=1S/C22H31N5O2.HI/c1-17(21(28)26-9-5-6-10-26)25-11-13-27(14-12-25)22(23-2)24-16-19-15-18-7-3-4-8-20(18)29-19;/h3-4,7-8,15,17H,5-6,9-14,16H2,1-2H3,(H,23,24);1H. The van der Waals surface area contributed by atoms with Gasteiger partial charge in [0.25, 0.3) is 0 Å². The van der Waals surface area contributed by atoms with Crippen LogP contribution in [0.15, 0.2) is 39.7 Å². The summed E-state index contributed by atoms with van der Waals surface area (Å²) in [5.41, 5.74) is 0.907. The molecule has 164 valence electrons. The van der Waals surface area contributed by atoms with Crippen molar-refractivity contribution in [1.29, 1.82) is 0 Å². The number of amides is 1. The van der Waals surface area contributed by atoms with Crippen LogP contribution in [0.4, 0.5) is 0 Å². The predicted molar refractivity (Wildman–Crippen MR) is 130 cm³/mol. The Hall–Kier alpha value is -1.81. The van der Waals surface area contributed by atoms with Gasteiger partial charge in [-0.2, -0.15) is 0 Å². The molecular weight excluding hydrogens is 493 g/mol. The van der Waals surface area contributed by atoms with E-state index in [1.54, 1.807) is 0 Å². The van der Waals surface area contributed by atoms with Crippen molar-refractivity contribution >= 4 is 46.8 Å². The van der Waals surface area contributed by atoms with Gasteiger partial charge < -0.3 is 19.5 Å². The molecule has 1 atom stereocenters. The summed E-state index contributed by atoms with van der Waals surface area (Å²) >= 11 is 0. The molecule has 0 aliphatic carbocycles. The highest BCUT2D eigenvalue weighted by Gasteiger charge is 2.30. The first-order chi connectivity index (χ1) is 14.2. The SMILES string of the molecule is CN=C(NCc1cc2ccccc2o1)N1CCN(C(C)C(=O)N2CCCC2)CC1.I. The molecule has 1 amide bonds. The first-order valence-corrected chi connectivity index (χ1v) is 10.6. The summed E-state index contributed by atoms with van der Waals surface area (Å²) in [5, 5.41) is 4.53. The first kappa shape index (κ1) is 22.9. The Balaban J connectivity index is 0.00000256. The van der Waals surface area contributed by atoms with Crippen LogP contribution in [0.1, 0.15) is 25.5 Å². The number of carbonyl (C=O) groups is 1. The number of fused-ring (bicyclic) bond motifs is 1. The van der Waals surface area contributed by atoms with Gasteiger partial charge in [-0.25, -0.2) is 0 Å². The summed E-state index contributed by atoms with van der Waals surface area (Å²) in [6.45, 7) is 7.94. The number of furan rings is 1. The highest BCUT2D eigenvalue weighted by atomic mass is 127. The molecule has 0 saturated carbocycles. The fourth-order valence-electron chi connectivity index (χ4n) is 4.30. The maximum atomic E-state index is 12.7. The monoisotopic (exact) mass is 525 g/mol. The van der Waals surface area contributed by atoms with Gasteiger partial charge in [0.1, 0.15) is 11.3 Å². The molecule has 2 saturated heterocycles. The van der Waals surface area contributed by atoms with Gasteiger partial charge in [0.2, 0.25) is 5.91 Å². The van der Waals surface area contributed by atoms with E-state index in [2.05, 4.69) is 32.2 Å². The third-order valence-electron chi connectivity index (χ3n) is 6.05. The van der Waals surface area contributed by atoms with Crippen LogP contribution in [0.3, 0.4) is 0 Å². The minimum atomic E-state index is -0.0410. The maximum absolute atomic E-state index is 12.7. The quantitative estimate of drug-likeness (QED) is 0.378. The normalized spacial score (nSPS) is 19.1. The van der Waals surface area contributed by atoms with Crippen molar-refractivity contribution in [3.05, 3.63) is 36.1 Å². The number of halogens is 1. The number of piperazine rings is 1. The number of nitrogens with zero attached hydrogens (tertiary/aromatic N) is 4. The van der Waals surface area contributed by atoms with Crippen molar-refractivity contribution in [2.75, 3.05) is 46.3 Å². The van der Waals surface area contributed by atoms with Crippen LogP contribution in [0.25, 0.3) is 11.0 Å². The molecule has 2 fully saturated rings. The molecule has 2 aromatic rings. The van der Waals surface area contributed by atoms with Crippen LogP contribution in [-0.4, -0.2) is 78.9 Å². The molecule has 7 nitrogen and oxygen atoms in total. The van der Waals surface area contributed by atoms with Gasteiger partial charge in [0, 0.05) is 51.7 Å². The Morgan fingerprint density at radius 3 is 2.47 bits per heavy atom. The topological polar surface area (TPSA) is 64.3 Å². The van der Waals surface area contributed by atoms with Gasteiger partial charge >= 0.3 is 0 Å². The number of likely N-dealkylation sites (tertiary alicyclic amines) is 1. The summed E-state index contributed by atoms with van der Waals surface area (Å²) < 4.78 is 5.89. The summed E-state index contributed by atoms with van der Waals surface area (Å²) in [6, 6.07) is 10.1. The molecule has 4 rings (SSSR count). The van der Waals surface area contributed by atoms with Gasteiger partial charge in [0.05, 0.1) is 12.6 Å². The van der Waals surface area contributed by atoms with E-state index in [-0.39, 0.29) is 35.9 Å². The lowest BCUT2D eigenvalue weighted by atomic mass is 10.2. The zero-order chi connectivity index (χ0) is 20.2. The first-order valence-electron chi connectivity index (χ1n) is 10.6. The van der Waals surface area contributed by atoms with Crippen LogP contribution in [0.5, 0.6) is 0 Å². The summed E-state index contributed by atoms with van der Waals surface area (Å²) in [7, 11) is 1.81. The van der Waals surface area contributed by atoms with Crippen molar-refractivity contribution < 1.29 is 9.21 Å². The van der Waals surface area contributed by atoms with E-state index in [0.717, 1.165) is 74.8 Å². The van der Waals surface area contributed by atoms with Crippen LogP contribution in [0.2, 0.25) is 0 Å². The third-order valence-corrected chi connectivity index (χ3v) is 6.05. The van der Waals surface area contributed by atoms with Gasteiger partial charge in [-0.05, 0) is 31.9 Å². The van der Waals surface area contributed by atoms with Gasteiger partial charge in [0.15, 0.2) is 5.96 Å². The summed E-state index contributed by atoms with van der Waals surface area (Å²) in [4.78, 5) is 23.7. The zero-order valence-electron chi connectivity index (χ0n) is 17.8. The second-order valence-corrected chi connectivity index (χ2v) is 7.88. The Morgan fingerprint density at radius 2 is 1.80 bits per heavy atom. The molecule has 0 radical (unpaired) electrons. The Labute approximate surface area is 195 Å². The highest BCUT2D eigenvalue weighted by molar-refractivity contribution is 14.0. The number of rotatable bonds is 4. The fourth-order valence-corrected chi connectivity index (χ4v) is 4.30. The van der Waals surface area contributed by atoms with E-state index in [4.69, 9.17) is 4.42 Å². The lowest BCUT2D eigenvalue weighted by Crippen LogP contribution is -2.57. The van der Waals surface area contributed by atoms with Crippen LogP contribution in [-0.2, 0) is 11.3 Å². The highest BCUT2D eigenvalue weighted by Crippen LogP contribution is 2.19. The molecule has 1 unspecified atom stereocenters. The largest absolute Gasteiger partial charge is 0.459 e. The lowest BCUT2D eigenvalue weighted by molar-refractivity contribution is -0.135. The number of hydrogen-bond donors (Lipinski definition) is 1. The molecule has 0 bridgehead atoms. The Morgan fingerprint density at radius 1 is 1.10 bits per heavy atom. The molecule has 1 N–H and O–H groups in total. The molecule has 8 heteroatoms. The number of hydrogen-bond acceptors (Lipinski definition) is 4. The van der Waals surface area contributed by atoms with Crippen LogP contribution >= 0.6 is 24.0 Å². The average molecular weight is 525 g/mol. The second-order valence-electron chi connectivity index (χ2n) is 7.88. The summed E-state index contributed by atoms with van der Waals surface area (Å²) in [6.07, 6.45) is 2.28. The fraction of sp³-hybridized carbons (Fsp3) is 0.545. The van der Waals surface area contributed by atoms with Crippen molar-refractivity contribution in [3.63, 3.8) is 0 Å². The lowest BCUT2D eigenvalue weighted by Gasteiger charge is -2.39. The Kier molecular flexibility index (Phi) is 7.99. The Bertz CT molecular complexity index is 836. The molecule has 30 heavy (non-hydrogen) atoms. The number of guanidine groups is 1. The number of nitrogens with one attached hydrogen (secondary N) is 1. The van der Waals surface area contributed by atoms with Gasteiger partial charge in [-0.1, -0.05) is 18.2 Å². The van der Waals surface area contributed by atoms with E-state index in [1.807, 2.05) is 37.1 Å². The zero-order valence-corrected chi connectivity index (χ0v) is 20.2. The van der Waals surface area contributed by atoms with Crippen LogP contribution < -0.4 is 5.32 Å². The minimum Gasteiger partial charge on any atom is -0.459 e. The van der Waals surface area contributed by atoms with E-state index in [9.17, 15) is 4.79 Å². The van der Waals surface area contributed by atoms with Crippen molar-refractivity contribution in [2.45, 2.75) is 32.4 Å². The number of carbonyl (C=O) groups excluding carboxylic acids is 1. The van der Waals surface area contributed by atoms with E-state index in [1.165, 1.54) is 0 Å². The molecule has 2 aliphatic heterocycles. The van der Waals surface area contributed by atoms with Crippen molar-refractivity contribution in [2.24, 2.45) is 4.99 Å². The van der Waals surface area contributed by atoms with Gasteiger partial charge in [-0.3, -0.25) is 14.7 Å². The van der Waals surface area contributed by atoms with E-state index < -0.39 is 0 Å². The van der Waals surface area contributed by atoms with Gasteiger partial charge in [-0.15, -0.1) is 24.0 Å². The van der Waals surface area contributed by atoms with E-state index >= 15 is 0 Å². The number of para-hydroxylation sites is 1. The number of aliphatic imine (C=N–C) groups is 1. The molecule has 1 aromatic heterocycles. The number of benzene rings is 1. The van der Waals surface area contributed by atoms with Crippen molar-refractivity contribution in [3.8, 4) is 0 Å². The molecule has 0 spiro atoms. The van der Waals surface area contributed by atoms with Crippen LogP contribution in [0, 0.1) is 0 Å². The third kappa shape index (κ3) is 5.08. The van der Waals surface area contributed by atoms with E-state index in [0.29, 0.717) is 6.54 Å². The molecule has 3 heterocycles. The average Bonchev–Trinajstić information content (AvgIpc) is 3.43.